The van der Waals surface area contributed by atoms with E-state index in [1.54, 1.807) is 0 Å². The number of rotatable bonds is 6. The second-order valence-electron chi connectivity index (χ2n) is 8.44. The molecule has 34 heavy (non-hydrogen) atoms. The number of benzene rings is 2. The molecular formula is C25H28N8O. The Hall–Kier alpha value is -3.95. The minimum atomic E-state index is -0.254. The zero-order valence-corrected chi connectivity index (χ0v) is 19.1. The third kappa shape index (κ3) is 4.70. The van der Waals surface area contributed by atoms with Gasteiger partial charge in [-0.1, -0.05) is 24.8 Å². The van der Waals surface area contributed by atoms with Gasteiger partial charge >= 0.3 is 0 Å². The van der Waals surface area contributed by atoms with Crippen molar-refractivity contribution in [1.29, 1.82) is 0 Å². The minimum Gasteiger partial charge on any atom is -0.369 e. The van der Waals surface area contributed by atoms with Crippen molar-refractivity contribution in [2.75, 3.05) is 54.2 Å². The second kappa shape index (κ2) is 9.50. The van der Waals surface area contributed by atoms with Crippen molar-refractivity contribution >= 4 is 34.7 Å². The van der Waals surface area contributed by atoms with Crippen molar-refractivity contribution in [2.45, 2.75) is 6.54 Å². The Morgan fingerprint density at radius 2 is 1.85 bits per heavy atom. The summed E-state index contributed by atoms with van der Waals surface area (Å²) in [5, 5.41) is 6.19. The molecule has 9 nitrogen and oxygen atoms in total. The third-order valence-corrected chi connectivity index (χ3v) is 6.04. The first kappa shape index (κ1) is 21.9. The number of likely N-dealkylation sites (N-methyl/N-ethyl adjacent to an activating group) is 1. The van der Waals surface area contributed by atoms with Crippen molar-refractivity contribution in [3.8, 4) is 11.3 Å². The number of piperazine rings is 1. The summed E-state index contributed by atoms with van der Waals surface area (Å²) in [5.41, 5.74) is 11.7. The summed E-state index contributed by atoms with van der Waals surface area (Å²) in [6, 6.07) is 16.0. The Balaban J connectivity index is 1.43. The lowest BCUT2D eigenvalue weighted by Gasteiger charge is -2.34. The molecule has 0 bridgehead atoms. The molecule has 0 spiro atoms. The molecule has 1 amide bonds. The summed E-state index contributed by atoms with van der Waals surface area (Å²) < 4.78 is 0. The Morgan fingerprint density at radius 1 is 1.06 bits per heavy atom. The number of carbonyl (C=O) groups excluding carboxylic acids is 1. The molecule has 3 aromatic rings. The lowest BCUT2D eigenvalue weighted by molar-refractivity contribution is -0.111. The highest BCUT2D eigenvalue weighted by Crippen LogP contribution is 2.32. The fraction of sp³-hybridized carbons (Fsp3) is 0.240. The first-order chi connectivity index (χ1) is 16.6. The zero-order valence-electron chi connectivity index (χ0n) is 19.1. The number of carbonyl (C=O) groups is 1. The fourth-order valence-electron chi connectivity index (χ4n) is 4.18. The molecule has 5 rings (SSSR count). The van der Waals surface area contributed by atoms with E-state index in [-0.39, 0.29) is 5.91 Å². The smallest absolute Gasteiger partial charge is 0.247 e. The SMILES string of the molecule is C=CC(=O)Nc1cccc(-c2nc(Nc3cccc(N4CCN(C)CC4)c3)nc3c2CNN3)c1. The van der Waals surface area contributed by atoms with E-state index >= 15 is 0 Å². The van der Waals surface area contributed by atoms with Crippen LogP contribution in [-0.4, -0.2) is 54.0 Å². The molecule has 1 fully saturated rings. The molecule has 0 atom stereocenters. The van der Waals surface area contributed by atoms with Crippen molar-refractivity contribution in [3.05, 3.63) is 66.7 Å². The normalized spacial score (nSPS) is 15.4. The Bertz CT molecular complexity index is 1220. The predicted molar refractivity (Wildman–Crippen MR) is 136 cm³/mol. The standard InChI is InChI=1S/C25H28N8O/c1-3-22(34)27-18-7-4-6-17(14-18)23-21-16-26-31-24(21)30-25(29-23)28-19-8-5-9-20(15-19)33-12-10-32(2)11-13-33/h3-9,14-15,26H,1,10-13,16H2,2H3,(H,27,34)(H2,28,29,30,31). The van der Waals surface area contributed by atoms with Crippen LogP contribution in [0.25, 0.3) is 11.3 Å². The average Bonchev–Trinajstić information content (AvgIpc) is 3.33. The molecule has 0 aliphatic carbocycles. The Morgan fingerprint density at radius 3 is 2.68 bits per heavy atom. The van der Waals surface area contributed by atoms with Gasteiger partial charge in [-0.3, -0.25) is 4.79 Å². The van der Waals surface area contributed by atoms with Crippen LogP contribution >= 0.6 is 0 Å². The molecule has 4 N–H and O–H groups in total. The van der Waals surface area contributed by atoms with Gasteiger partial charge < -0.3 is 25.9 Å². The van der Waals surface area contributed by atoms with Crippen molar-refractivity contribution in [3.63, 3.8) is 0 Å². The molecule has 0 saturated carbocycles. The summed E-state index contributed by atoms with van der Waals surface area (Å²) >= 11 is 0. The van der Waals surface area contributed by atoms with Crippen LogP contribution in [0.3, 0.4) is 0 Å². The van der Waals surface area contributed by atoms with E-state index in [2.05, 4.69) is 68.1 Å². The lowest BCUT2D eigenvalue weighted by Crippen LogP contribution is -2.44. The number of nitrogens with zero attached hydrogens (tertiary/aromatic N) is 4. The van der Waals surface area contributed by atoms with Gasteiger partial charge in [0, 0.05) is 60.9 Å². The van der Waals surface area contributed by atoms with E-state index < -0.39 is 0 Å². The largest absolute Gasteiger partial charge is 0.369 e. The van der Waals surface area contributed by atoms with E-state index in [0.29, 0.717) is 18.2 Å². The summed E-state index contributed by atoms with van der Waals surface area (Å²) in [5.74, 6) is 0.986. The molecule has 2 aromatic carbocycles. The van der Waals surface area contributed by atoms with Gasteiger partial charge in [-0.2, -0.15) is 4.98 Å². The Kier molecular flexibility index (Phi) is 6.11. The number of nitrogens with one attached hydrogen (secondary N) is 4. The van der Waals surface area contributed by atoms with Crippen LogP contribution in [0.15, 0.2) is 61.2 Å². The van der Waals surface area contributed by atoms with Crippen LogP contribution in [0.2, 0.25) is 0 Å². The number of anilines is 5. The molecular weight excluding hydrogens is 428 g/mol. The fourth-order valence-corrected chi connectivity index (χ4v) is 4.18. The summed E-state index contributed by atoms with van der Waals surface area (Å²) in [6.07, 6.45) is 1.25. The first-order valence-electron chi connectivity index (χ1n) is 11.3. The summed E-state index contributed by atoms with van der Waals surface area (Å²) in [7, 11) is 2.16. The lowest BCUT2D eigenvalue weighted by atomic mass is 10.1. The van der Waals surface area contributed by atoms with Gasteiger partial charge in [-0.25, -0.2) is 10.4 Å². The number of hydrogen-bond acceptors (Lipinski definition) is 8. The molecule has 1 aromatic heterocycles. The molecule has 0 unspecified atom stereocenters. The van der Waals surface area contributed by atoms with Gasteiger partial charge in [-0.15, -0.1) is 0 Å². The topological polar surface area (TPSA) is 97.5 Å². The molecule has 3 heterocycles. The van der Waals surface area contributed by atoms with Crippen molar-refractivity contribution < 1.29 is 4.79 Å². The second-order valence-corrected chi connectivity index (χ2v) is 8.44. The molecule has 9 heteroatoms. The van der Waals surface area contributed by atoms with Crippen LogP contribution in [0.1, 0.15) is 5.56 Å². The molecule has 1 saturated heterocycles. The van der Waals surface area contributed by atoms with Gasteiger partial charge in [0.25, 0.3) is 0 Å². The minimum absolute atomic E-state index is 0.254. The van der Waals surface area contributed by atoms with Crippen LogP contribution in [0.5, 0.6) is 0 Å². The number of amides is 1. The van der Waals surface area contributed by atoms with E-state index in [0.717, 1.165) is 54.5 Å². The average molecular weight is 457 g/mol. The van der Waals surface area contributed by atoms with Crippen LogP contribution in [0.4, 0.5) is 28.8 Å². The number of aromatic nitrogens is 2. The molecule has 174 valence electrons. The highest BCUT2D eigenvalue weighted by atomic mass is 16.1. The number of hydrogen-bond donors (Lipinski definition) is 4. The third-order valence-electron chi connectivity index (χ3n) is 6.04. The molecule has 0 radical (unpaired) electrons. The summed E-state index contributed by atoms with van der Waals surface area (Å²) in [6.45, 7) is 8.24. The maximum absolute atomic E-state index is 11.7. The maximum Gasteiger partial charge on any atom is 0.247 e. The maximum atomic E-state index is 11.7. The quantitative estimate of drug-likeness (QED) is 0.420. The van der Waals surface area contributed by atoms with E-state index in [1.165, 1.54) is 11.8 Å². The van der Waals surface area contributed by atoms with E-state index in [9.17, 15) is 4.79 Å². The monoisotopic (exact) mass is 456 g/mol. The number of fused-ring (bicyclic) bond motifs is 1. The van der Waals surface area contributed by atoms with Gasteiger partial charge in [-0.05, 0) is 43.5 Å². The van der Waals surface area contributed by atoms with Crippen molar-refractivity contribution in [2.24, 2.45) is 0 Å². The van der Waals surface area contributed by atoms with E-state index in [4.69, 9.17) is 4.98 Å². The van der Waals surface area contributed by atoms with Crippen LogP contribution in [0, 0.1) is 0 Å². The number of hydrazine groups is 1. The van der Waals surface area contributed by atoms with Gasteiger partial charge in [0.1, 0.15) is 0 Å². The van der Waals surface area contributed by atoms with Gasteiger partial charge in [0.15, 0.2) is 5.82 Å². The molecule has 2 aliphatic heterocycles. The van der Waals surface area contributed by atoms with Crippen molar-refractivity contribution in [1.82, 2.24) is 20.3 Å². The highest BCUT2D eigenvalue weighted by molar-refractivity contribution is 5.99. The van der Waals surface area contributed by atoms with Gasteiger partial charge in [0.05, 0.1) is 5.69 Å². The van der Waals surface area contributed by atoms with Gasteiger partial charge in [0.2, 0.25) is 11.9 Å². The predicted octanol–water partition coefficient (Wildman–Crippen LogP) is 3.19. The molecule has 2 aliphatic rings. The van der Waals surface area contributed by atoms with Crippen LogP contribution < -0.4 is 26.4 Å². The summed E-state index contributed by atoms with van der Waals surface area (Å²) in [4.78, 5) is 26.0. The van der Waals surface area contributed by atoms with Crippen LogP contribution in [-0.2, 0) is 11.3 Å². The Labute approximate surface area is 198 Å². The first-order valence-corrected chi connectivity index (χ1v) is 11.3. The van der Waals surface area contributed by atoms with E-state index in [1.807, 2.05) is 30.3 Å². The highest BCUT2D eigenvalue weighted by Gasteiger charge is 2.21. The zero-order chi connectivity index (χ0) is 23.5.